The van der Waals surface area contributed by atoms with Crippen molar-refractivity contribution in [2.45, 2.75) is 12.5 Å². The summed E-state index contributed by atoms with van der Waals surface area (Å²) in [6.45, 7) is 0.766. The van der Waals surface area contributed by atoms with Crippen LogP contribution in [0, 0.1) is 3.57 Å². The lowest BCUT2D eigenvalue weighted by molar-refractivity contribution is 0.594. The number of hydrogen-bond acceptors (Lipinski definition) is 4. The largest absolute Gasteiger partial charge is 0.381 e. The highest BCUT2D eigenvalue weighted by Gasteiger charge is 2.18. The third-order valence-electron chi connectivity index (χ3n) is 2.72. The molecule has 2 rings (SSSR count). The van der Waals surface area contributed by atoms with Crippen LogP contribution < -0.4 is 10.6 Å². The third kappa shape index (κ3) is 3.74. The number of nitrogens with one attached hydrogen (secondary N) is 2. The van der Waals surface area contributed by atoms with Crippen LogP contribution >= 0.6 is 22.6 Å². The molecule has 1 aromatic rings. The smallest absolute Gasteiger partial charge is 0.147 e. The van der Waals surface area contributed by atoms with Crippen LogP contribution in [0.4, 0.5) is 11.4 Å². The van der Waals surface area contributed by atoms with Crippen molar-refractivity contribution in [3.8, 4) is 0 Å². The number of benzene rings is 1. The normalized spacial score (nSPS) is 19.1. The summed E-state index contributed by atoms with van der Waals surface area (Å²) in [5.74, 6) is 0.228. The van der Waals surface area contributed by atoms with Gasteiger partial charge in [-0.05, 0) is 47.2 Å². The summed E-state index contributed by atoms with van der Waals surface area (Å²) in [5, 5.41) is 6.69. The van der Waals surface area contributed by atoms with Gasteiger partial charge in [0.05, 0.1) is 17.1 Å². The highest BCUT2D eigenvalue weighted by Crippen LogP contribution is 2.28. The van der Waals surface area contributed by atoms with E-state index < -0.39 is 9.84 Å². The molecule has 0 spiro atoms. The molecule has 1 aliphatic heterocycles. The van der Waals surface area contributed by atoms with Gasteiger partial charge in [-0.15, -0.1) is 0 Å². The van der Waals surface area contributed by atoms with Crippen LogP contribution in [0.2, 0.25) is 0 Å². The van der Waals surface area contributed by atoms with Crippen molar-refractivity contribution in [2.24, 2.45) is 0 Å². The maximum Gasteiger partial charge on any atom is 0.147 e. The van der Waals surface area contributed by atoms with Crippen molar-refractivity contribution < 1.29 is 8.42 Å². The lowest BCUT2D eigenvalue weighted by Gasteiger charge is -2.28. The van der Waals surface area contributed by atoms with Gasteiger partial charge in [-0.2, -0.15) is 0 Å². The summed E-state index contributed by atoms with van der Waals surface area (Å²) in [6, 6.07) is 6.32. The molecule has 4 nitrogen and oxygen atoms in total. The van der Waals surface area contributed by atoms with Crippen LogP contribution in [-0.2, 0) is 9.84 Å². The van der Waals surface area contributed by atoms with Crippen molar-refractivity contribution in [2.75, 3.05) is 29.2 Å². The second kappa shape index (κ2) is 5.01. The van der Waals surface area contributed by atoms with Crippen LogP contribution in [0.3, 0.4) is 0 Å². The van der Waals surface area contributed by atoms with Crippen molar-refractivity contribution in [1.29, 1.82) is 0 Å². The summed E-state index contributed by atoms with van der Waals surface area (Å²) in [6.07, 6.45) is 1.91. The van der Waals surface area contributed by atoms with E-state index in [1.807, 2.05) is 12.1 Å². The highest BCUT2D eigenvalue weighted by atomic mass is 127. The maximum atomic E-state index is 11.1. The molecule has 1 heterocycles. The van der Waals surface area contributed by atoms with E-state index in [0.717, 1.165) is 17.9 Å². The molecule has 0 bridgehead atoms. The van der Waals surface area contributed by atoms with Crippen molar-refractivity contribution in [1.82, 2.24) is 0 Å². The first-order chi connectivity index (χ1) is 7.94. The summed E-state index contributed by atoms with van der Waals surface area (Å²) in [7, 11) is -2.88. The van der Waals surface area contributed by atoms with E-state index in [2.05, 4.69) is 39.3 Å². The molecular formula is C11H15IN2O2S. The molecule has 0 aromatic heterocycles. The van der Waals surface area contributed by atoms with Gasteiger partial charge in [0.25, 0.3) is 0 Å². The highest BCUT2D eigenvalue weighted by molar-refractivity contribution is 14.1. The van der Waals surface area contributed by atoms with E-state index in [1.54, 1.807) is 0 Å². The molecule has 2 N–H and O–H groups in total. The van der Waals surface area contributed by atoms with Gasteiger partial charge >= 0.3 is 0 Å². The first-order valence-corrected chi connectivity index (χ1v) is 8.56. The van der Waals surface area contributed by atoms with Gasteiger partial charge in [0, 0.05) is 22.4 Å². The van der Waals surface area contributed by atoms with E-state index in [9.17, 15) is 8.42 Å². The fourth-order valence-corrected chi connectivity index (χ4v) is 3.03. The van der Waals surface area contributed by atoms with Crippen LogP contribution in [0.15, 0.2) is 18.2 Å². The predicted octanol–water partition coefficient (Wildman–Crippen LogP) is 1.93. The first kappa shape index (κ1) is 12.9. The molecule has 6 heteroatoms. The van der Waals surface area contributed by atoms with Crippen LogP contribution in [0.1, 0.15) is 6.42 Å². The van der Waals surface area contributed by atoms with Crippen LogP contribution in [0.25, 0.3) is 0 Å². The molecule has 1 aromatic carbocycles. The molecule has 0 aliphatic carbocycles. The zero-order valence-electron chi connectivity index (χ0n) is 9.53. The molecular weight excluding hydrogens is 351 g/mol. The standard InChI is InChI=1S/C11H15IN2O2S/c1-17(15,16)5-4-9-7-13-11-6-8(12)2-3-10(11)14-9/h2-3,6,9,13-14H,4-5,7H2,1H3. The van der Waals surface area contributed by atoms with Crippen LogP contribution in [0.5, 0.6) is 0 Å². The minimum atomic E-state index is -2.88. The van der Waals surface area contributed by atoms with Gasteiger partial charge < -0.3 is 10.6 Å². The average molecular weight is 366 g/mol. The molecule has 0 amide bonds. The van der Waals surface area contributed by atoms with Crippen molar-refractivity contribution in [3.05, 3.63) is 21.8 Å². The Morgan fingerprint density at radius 1 is 1.41 bits per heavy atom. The molecule has 94 valence electrons. The molecule has 1 atom stereocenters. The Balaban J connectivity index is 2.01. The molecule has 17 heavy (non-hydrogen) atoms. The predicted molar refractivity (Wildman–Crippen MR) is 79.4 cm³/mol. The first-order valence-electron chi connectivity index (χ1n) is 5.42. The minimum Gasteiger partial charge on any atom is -0.381 e. The van der Waals surface area contributed by atoms with Crippen molar-refractivity contribution in [3.63, 3.8) is 0 Å². The zero-order chi connectivity index (χ0) is 12.5. The Bertz CT molecular complexity index is 516. The number of rotatable bonds is 3. The summed E-state index contributed by atoms with van der Waals surface area (Å²) in [5.41, 5.74) is 2.14. The minimum absolute atomic E-state index is 0.178. The lowest BCUT2D eigenvalue weighted by Crippen LogP contribution is -2.34. The summed E-state index contributed by atoms with van der Waals surface area (Å²) >= 11 is 2.27. The SMILES string of the molecule is CS(=O)(=O)CCC1CNc2cc(I)ccc2N1. The van der Waals surface area contributed by atoms with Gasteiger partial charge in [-0.1, -0.05) is 0 Å². The summed E-state index contributed by atoms with van der Waals surface area (Å²) in [4.78, 5) is 0. The van der Waals surface area contributed by atoms with Gasteiger partial charge in [0.1, 0.15) is 9.84 Å². The van der Waals surface area contributed by atoms with E-state index in [-0.39, 0.29) is 11.8 Å². The lowest BCUT2D eigenvalue weighted by atomic mass is 10.1. The van der Waals surface area contributed by atoms with Gasteiger partial charge in [0.2, 0.25) is 0 Å². The van der Waals surface area contributed by atoms with E-state index in [4.69, 9.17) is 0 Å². The maximum absolute atomic E-state index is 11.1. The van der Waals surface area contributed by atoms with Gasteiger partial charge in [-0.25, -0.2) is 8.42 Å². The second-order valence-corrected chi connectivity index (χ2v) is 7.84. The monoisotopic (exact) mass is 366 g/mol. The average Bonchev–Trinajstić information content (AvgIpc) is 2.25. The number of hydrogen-bond donors (Lipinski definition) is 2. The molecule has 0 fully saturated rings. The van der Waals surface area contributed by atoms with E-state index in [1.165, 1.54) is 9.83 Å². The number of anilines is 2. The fraction of sp³-hybridized carbons (Fsp3) is 0.455. The quantitative estimate of drug-likeness (QED) is 0.803. The fourth-order valence-electron chi connectivity index (χ4n) is 1.82. The third-order valence-corrected chi connectivity index (χ3v) is 4.37. The topological polar surface area (TPSA) is 58.2 Å². The number of fused-ring (bicyclic) bond motifs is 1. The van der Waals surface area contributed by atoms with Gasteiger partial charge in [-0.3, -0.25) is 0 Å². The Labute approximate surface area is 115 Å². The molecule has 0 radical (unpaired) electrons. The number of halogens is 1. The molecule has 1 aliphatic rings. The van der Waals surface area contributed by atoms with E-state index in [0.29, 0.717) is 6.42 Å². The van der Waals surface area contributed by atoms with Gasteiger partial charge in [0.15, 0.2) is 0 Å². The summed E-state index contributed by atoms with van der Waals surface area (Å²) < 4.78 is 23.4. The second-order valence-electron chi connectivity index (χ2n) is 4.33. The Hall–Kier alpha value is -0.500. The van der Waals surface area contributed by atoms with Crippen molar-refractivity contribution >= 4 is 43.8 Å². The molecule has 1 unspecified atom stereocenters. The zero-order valence-corrected chi connectivity index (χ0v) is 12.5. The molecule has 0 saturated heterocycles. The Morgan fingerprint density at radius 2 is 2.18 bits per heavy atom. The van der Waals surface area contributed by atoms with E-state index >= 15 is 0 Å². The number of sulfone groups is 1. The Morgan fingerprint density at radius 3 is 2.88 bits per heavy atom. The Kier molecular flexibility index (Phi) is 3.82. The molecule has 0 saturated carbocycles. The van der Waals surface area contributed by atoms with Crippen LogP contribution in [-0.4, -0.2) is 33.0 Å².